The number of primary amides is 1. The molecule has 0 aliphatic heterocycles. The zero-order chi connectivity index (χ0) is 13.8. The summed E-state index contributed by atoms with van der Waals surface area (Å²) < 4.78 is 12.8. The van der Waals surface area contributed by atoms with Gasteiger partial charge in [0, 0.05) is 22.8 Å². The maximum atomic E-state index is 12.8. The molecule has 0 unspecified atom stereocenters. The highest BCUT2D eigenvalue weighted by atomic mass is 32.1. The fraction of sp³-hybridized carbons (Fsp3) is 0.214. The molecule has 0 saturated heterocycles. The van der Waals surface area contributed by atoms with E-state index in [9.17, 15) is 9.18 Å². The van der Waals surface area contributed by atoms with Crippen LogP contribution in [0.4, 0.5) is 4.39 Å². The summed E-state index contributed by atoms with van der Waals surface area (Å²) in [6.07, 6.45) is 0. The van der Waals surface area contributed by atoms with E-state index in [2.05, 4.69) is 5.32 Å². The number of nitrogens with two attached hydrogens (primary N) is 1. The van der Waals surface area contributed by atoms with Crippen molar-refractivity contribution >= 4 is 17.2 Å². The highest BCUT2D eigenvalue weighted by Gasteiger charge is 2.08. The Morgan fingerprint density at radius 1 is 1.42 bits per heavy atom. The third-order valence-electron chi connectivity index (χ3n) is 2.89. The topological polar surface area (TPSA) is 55.1 Å². The minimum absolute atomic E-state index is 0.111. The van der Waals surface area contributed by atoms with Crippen molar-refractivity contribution in [2.45, 2.75) is 19.5 Å². The summed E-state index contributed by atoms with van der Waals surface area (Å²) in [5, 5.41) is 5.07. The van der Waals surface area contributed by atoms with Gasteiger partial charge in [-0.1, -0.05) is 12.1 Å². The fourth-order valence-electron chi connectivity index (χ4n) is 1.73. The number of carbonyl (C=O) groups excluding carboxylic acids is 1. The van der Waals surface area contributed by atoms with Gasteiger partial charge in [-0.05, 0) is 30.7 Å². The van der Waals surface area contributed by atoms with Crippen LogP contribution in [0.1, 0.15) is 33.8 Å². The van der Waals surface area contributed by atoms with Crippen molar-refractivity contribution in [1.82, 2.24) is 5.32 Å². The van der Waals surface area contributed by atoms with Crippen LogP contribution in [-0.4, -0.2) is 5.91 Å². The molecule has 5 heteroatoms. The highest BCUT2D eigenvalue weighted by Crippen LogP contribution is 2.17. The molecule has 3 N–H and O–H groups in total. The Morgan fingerprint density at radius 2 is 2.11 bits per heavy atom. The van der Waals surface area contributed by atoms with Crippen molar-refractivity contribution in [3.05, 3.63) is 57.5 Å². The lowest BCUT2D eigenvalue weighted by molar-refractivity contribution is 0.100. The van der Waals surface area contributed by atoms with Gasteiger partial charge in [0.25, 0.3) is 0 Å². The van der Waals surface area contributed by atoms with Crippen molar-refractivity contribution in [1.29, 1.82) is 0 Å². The second-order valence-corrected chi connectivity index (χ2v) is 5.32. The molecule has 0 radical (unpaired) electrons. The summed E-state index contributed by atoms with van der Waals surface area (Å²) in [4.78, 5) is 12.0. The van der Waals surface area contributed by atoms with Crippen molar-refractivity contribution in [2.24, 2.45) is 5.73 Å². The second-order valence-electron chi connectivity index (χ2n) is 4.32. The molecule has 1 aromatic carbocycles. The molecular formula is C14H15FN2OS. The minimum Gasteiger partial charge on any atom is -0.366 e. The molecule has 0 fully saturated rings. The smallest absolute Gasteiger partial charge is 0.249 e. The van der Waals surface area contributed by atoms with Gasteiger partial charge >= 0.3 is 0 Å². The van der Waals surface area contributed by atoms with Crippen LogP contribution in [0, 0.1) is 5.82 Å². The van der Waals surface area contributed by atoms with Crippen LogP contribution in [0.5, 0.6) is 0 Å². The summed E-state index contributed by atoms with van der Waals surface area (Å²) >= 11 is 1.49. The molecule has 0 saturated carbocycles. The predicted octanol–water partition coefficient (Wildman–Crippen LogP) is 2.84. The zero-order valence-corrected chi connectivity index (χ0v) is 11.3. The molecule has 0 spiro atoms. The predicted molar refractivity (Wildman–Crippen MR) is 74.5 cm³/mol. The minimum atomic E-state index is -0.408. The molecule has 0 aliphatic rings. The van der Waals surface area contributed by atoms with Gasteiger partial charge in [0.1, 0.15) is 5.82 Å². The number of amides is 1. The average Bonchev–Trinajstić information content (AvgIpc) is 2.86. The van der Waals surface area contributed by atoms with E-state index in [1.54, 1.807) is 23.6 Å². The van der Waals surface area contributed by atoms with E-state index in [0.29, 0.717) is 12.1 Å². The van der Waals surface area contributed by atoms with E-state index < -0.39 is 5.91 Å². The first-order valence-electron chi connectivity index (χ1n) is 5.92. The molecule has 0 aliphatic carbocycles. The molecule has 1 heterocycles. The number of nitrogens with one attached hydrogen (secondary N) is 1. The summed E-state index contributed by atoms with van der Waals surface area (Å²) in [5.74, 6) is -0.644. The number of rotatable bonds is 5. The summed E-state index contributed by atoms with van der Waals surface area (Å²) in [7, 11) is 0. The maximum Gasteiger partial charge on any atom is 0.249 e. The monoisotopic (exact) mass is 278 g/mol. The number of hydrogen-bond donors (Lipinski definition) is 2. The average molecular weight is 278 g/mol. The fourth-order valence-corrected chi connectivity index (χ4v) is 2.55. The normalized spacial score (nSPS) is 12.3. The third kappa shape index (κ3) is 3.62. The standard InChI is InChI=1S/C14H15FN2OS/c1-9(10-2-4-12(15)5-3-10)17-7-13-6-11(8-19-13)14(16)18/h2-6,8-9,17H,7H2,1H3,(H2,16,18)/t9-/m0/s1. The van der Waals surface area contributed by atoms with Crippen LogP contribution < -0.4 is 11.1 Å². The van der Waals surface area contributed by atoms with Gasteiger partial charge in [-0.25, -0.2) is 4.39 Å². The van der Waals surface area contributed by atoms with E-state index in [0.717, 1.165) is 10.4 Å². The van der Waals surface area contributed by atoms with Crippen LogP contribution >= 0.6 is 11.3 Å². The summed E-state index contributed by atoms with van der Waals surface area (Å²) in [6, 6.07) is 8.32. The lowest BCUT2D eigenvalue weighted by atomic mass is 10.1. The van der Waals surface area contributed by atoms with Gasteiger partial charge in [0.15, 0.2) is 0 Å². The van der Waals surface area contributed by atoms with E-state index in [1.807, 2.05) is 6.92 Å². The van der Waals surface area contributed by atoms with E-state index in [-0.39, 0.29) is 11.9 Å². The number of benzene rings is 1. The van der Waals surface area contributed by atoms with E-state index >= 15 is 0 Å². The summed E-state index contributed by atoms with van der Waals surface area (Å²) in [5.41, 5.74) is 6.76. The van der Waals surface area contributed by atoms with Crippen LogP contribution in [0.15, 0.2) is 35.7 Å². The number of thiophene rings is 1. The number of halogens is 1. The van der Waals surface area contributed by atoms with E-state index in [4.69, 9.17) is 5.73 Å². The Balaban J connectivity index is 1.94. The summed E-state index contributed by atoms with van der Waals surface area (Å²) in [6.45, 7) is 2.66. The molecule has 1 amide bonds. The highest BCUT2D eigenvalue weighted by molar-refractivity contribution is 7.10. The number of hydrogen-bond acceptors (Lipinski definition) is 3. The van der Waals surface area contributed by atoms with Gasteiger partial charge in [-0.2, -0.15) is 0 Å². The molecule has 19 heavy (non-hydrogen) atoms. The van der Waals surface area contributed by atoms with Gasteiger partial charge in [0.2, 0.25) is 5.91 Å². The van der Waals surface area contributed by atoms with Gasteiger partial charge in [-0.3, -0.25) is 4.79 Å². The Bertz CT molecular complexity index is 565. The van der Waals surface area contributed by atoms with E-state index in [1.165, 1.54) is 23.5 Å². The maximum absolute atomic E-state index is 12.8. The van der Waals surface area contributed by atoms with Crippen LogP contribution in [0.2, 0.25) is 0 Å². The van der Waals surface area contributed by atoms with Crippen molar-refractivity contribution in [3.8, 4) is 0 Å². The quantitative estimate of drug-likeness (QED) is 0.883. The molecule has 3 nitrogen and oxygen atoms in total. The third-order valence-corrected chi connectivity index (χ3v) is 3.83. The molecule has 1 atom stereocenters. The van der Waals surface area contributed by atoms with Crippen LogP contribution in [0.3, 0.4) is 0 Å². The van der Waals surface area contributed by atoms with Crippen molar-refractivity contribution in [2.75, 3.05) is 0 Å². The Hall–Kier alpha value is -1.72. The number of carbonyl (C=O) groups is 1. The lowest BCUT2D eigenvalue weighted by Gasteiger charge is -2.13. The first-order chi connectivity index (χ1) is 9.06. The van der Waals surface area contributed by atoms with Gasteiger partial charge in [-0.15, -0.1) is 11.3 Å². The molecule has 0 bridgehead atoms. The van der Waals surface area contributed by atoms with Crippen LogP contribution in [-0.2, 0) is 6.54 Å². The first kappa shape index (κ1) is 13.7. The molecule has 100 valence electrons. The Kier molecular flexibility index (Phi) is 4.29. The molecule has 2 aromatic rings. The van der Waals surface area contributed by atoms with Crippen molar-refractivity contribution < 1.29 is 9.18 Å². The van der Waals surface area contributed by atoms with Crippen LogP contribution in [0.25, 0.3) is 0 Å². The van der Waals surface area contributed by atoms with Gasteiger partial charge in [0.05, 0.1) is 5.56 Å². The largest absolute Gasteiger partial charge is 0.366 e. The molecular weight excluding hydrogens is 263 g/mol. The Morgan fingerprint density at radius 3 is 2.68 bits per heavy atom. The second kappa shape index (κ2) is 5.95. The van der Waals surface area contributed by atoms with Gasteiger partial charge < -0.3 is 11.1 Å². The molecule has 2 rings (SSSR count). The zero-order valence-electron chi connectivity index (χ0n) is 10.5. The Labute approximate surface area is 115 Å². The lowest BCUT2D eigenvalue weighted by Crippen LogP contribution is -2.17. The van der Waals surface area contributed by atoms with Crippen molar-refractivity contribution in [3.63, 3.8) is 0 Å². The first-order valence-corrected chi connectivity index (χ1v) is 6.80. The SMILES string of the molecule is C[C@H](NCc1cc(C(N)=O)cs1)c1ccc(F)cc1. The molecule has 1 aromatic heterocycles.